The van der Waals surface area contributed by atoms with E-state index in [1.54, 1.807) is 18.2 Å². The van der Waals surface area contributed by atoms with Crippen molar-refractivity contribution in [3.63, 3.8) is 0 Å². The Balaban J connectivity index is 1.48. The molecule has 214 valence electrons. The summed E-state index contributed by atoms with van der Waals surface area (Å²) >= 11 is 0. The van der Waals surface area contributed by atoms with Crippen molar-refractivity contribution in [1.29, 1.82) is 0 Å². The Labute approximate surface area is 231 Å². The Morgan fingerprint density at radius 1 is 1.18 bits per heavy atom. The van der Waals surface area contributed by atoms with Crippen LogP contribution < -0.4 is 10.6 Å². The second kappa shape index (κ2) is 11.5. The molecule has 1 aliphatic heterocycles. The van der Waals surface area contributed by atoms with Crippen molar-refractivity contribution in [2.75, 3.05) is 6.54 Å². The molecule has 0 spiro atoms. The van der Waals surface area contributed by atoms with E-state index in [1.807, 2.05) is 39.0 Å². The fraction of sp³-hybridized carbons (Fsp3) is 0.621. The van der Waals surface area contributed by atoms with Gasteiger partial charge in [-0.15, -0.1) is 6.58 Å². The van der Waals surface area contributed by atoms with Crippen LogP contribution in [0, 0.1) is 11.3 Å². The molecule has 1 aromatic rings. The van der Waals surface area contributed by atoms with E-state index in [0.29, 0.717) is 31.4 Å². The molecular weight excluding hydrogens is 517 g/mol. The Morgan fingerprint density at radius 2 is 1.85 bits per heavy atom. The molecule has 3 amide bonds. The highest BCUT2D eigenvalue weighted by molar-refractivity contribution is 7.59. The molecular formula is C29H42N3O6P. The molecule has 5 atom stereocenters. The Kier molecular flexibility index (Phi) is 8.62. The first-order valence-electron chi connectivity index (χ1n) is 14.0. The summed E-state index contributed by atoms with van der Waals surface area (Å²) < 4.78 is 19.2. The second-order valence-corrected chi connectivity index (χ2v) is 14.8. The van der Waals surface area contributed by atoms with Crippen LogP contribution in [0.2, 0.25) is 0 Å². The van der Waals surface area contributed by atoms with Crippen molar-refractivity contribution < 1.29 is 28.6 Å². The summed E-state index contributed by atoms with van der Waals surface area (Å²) in [7, 11) is -3.88. The van der Waals surface area contributed by atoms with Gasteiger partial charge in [0, 0.05) is 12.5 Å². The van der Waals surface area contributed by atoms with Gasteiger partial charge in [-0.25, -0.2) is 4.79 Å². The normalized spacial score (nSPS) is 27.3. The number of nitrogens with zero attached hydrogens (tertiary/aromatic N) is 1. The smallest absolute Gasteiger partial charge is 0.408 e. The number of carbonyl (C=O) groups excluding carboxylic acids is 3. The van der Waals surface area contributed by atoms with Crippen LogP contribution in [0.15, 0.2) is 43.0 Å². The van der Waals surface area contributed by atoms with Crippen LogP contribution in [0.1, 0.15) is 71.3 Å². The molecule has 0 aromatic heterocycles. The lowest BCUT2D eigenvalue weighted by atomic mass is 9.85. The van der Waals surface area contributed by atoms with Gasteiger partial charge >= 0.3 is 6.09 Å². The summed E-state index contributed by atoms with van der Waals surface area (Å²) in [6, 6.07) is 7.35. The van der Waals surface area contributed by atoms with Gasteiger partial charge in [0.25, 0.3) is 0 Å². The second-order valence-electron chi connectivity index (χ2n) is 12.2. The average Bonchev–Trinajstić information content (AvgIpc) is 3.20. The maximum atomic E-state index is 13.8. The predicted octanol–water partition coefficient (Wildman–Crippen LogP) is 4.55. The van der Waals surface area contributed by atoms with E-state index in [0.717, 1.165) is 25.7 Å². The summed E-state index contributed by atoms with van der Waals surface area (Å²) in [5, 5.41) is 4.36. The molecule has 10 heteroatoms. The zero-order valence-electron chi connectivity index (χ0n) is 23.2. The fourth-order valence-electron chi connectivity index (χ4n) is 5.88. The quantitative estimate of drug-likeness (QED) is 0.301. The van der Waals surface area contributed by atoms with Gasteiger partial charge in [0.15, 0.2) is 0 Å². The number of likely N-dealkylation sites (tertiary alicyclic amines) is 1. The van der Waals surface area contributed by atoms with E-state index in [2.05, 4.69) is 17.2 Å². The monoisotopic (exact) mass is 559 g/mol. The first kappa shape index (κ1) is 29.3. The zero-order chi connectivity index (χ0) is 28.4. The van der Waals surface area contributed by atoms with E-state index in [4.69, 9.17) is 4.74 Å². The summed E-state index contributed by atoms with van der Waals surface area (Å²) in [6.07, 6.45) is 5.84. The standard InChI is InChI=1S/C29H42N3O6P/c1-5-21-18-29(21,39(36,37)19-20-12-7-6-8-13-20)31-25(33)23-16-11-17-32(23)26(34)24(28(2,3)4)30-27(35)38-22-14-9-10-15-22/h5-8,12-13,21-24H,1,9-11,14-19H2,2-4H3,(H,30,35)(H,31,33)(H,36,37)/t21-,23+,24-,29+/m1/s1. The molecule has 9 nitrogen and oxygen atoms in total. The van der Waals surface area contributed by atoms with Crippen molar-refractivity contribution in [2.24, 2.45) is 11.3 Å². The molecule has 3 fully saturated rings. The van der Waals surface area contributed by atoms with Crippen LogP contribution in [0.5, 0.6) is 0 Å². The van der Waals surface area contributed by atoms with E-state index in [1.165, 1.54) is 4.90 Å². The first-order valence-corrected chi connectivity index (χ1v) is 15.8. The minimum atomic E-state index is -3.88. The highest BCUT2D eigenvalue weighted by atomic mass is 31.2. The summed E-state index contributed by atoms with van der Waals surface area (Å²) in [6.45, 7) is 9.73. The summed E-state index contributed by atoms with van der Waals surface area (Å²) in [4.78, 5) is 52.7. The minimum absolute atomic E-state index is 0.0646. The van der Waals surface area contributed by atoms with Gasteiger partial charge in [0.05, 0.1) is 6.16 Å². The van der Waals surface area contributed by atoms with Gasteiger partial charge in [-0.3, -0.25) is 14.2 Å². The number of nitrogens with one attached hydrogen (secondary N) is 2. The molecule has 4 rings (SSSR count). The van der Waals surface area contributed by atoms with Gasteiger partial charge in [-0.1, -0.05) is 57.2 Å². The number of alkyl carbamates (subject to hydrolysis) is 1. The van der Waals surface area contributed by atoms with Crippen LogP contribution in [0.3, 0.4) is 0 Å². The summed E-state index contributed by atoms with van der Waals surface area (Å²) in [5.41, 5.74) is 0.0882. The maximum absolute atomic E-state index is 13.8. The van der Waals surface area contributed by atoms with Crippen LogP contribution >= 0.6 is 7.37 Å². The SMILES string of the molecule is C=C[C@@H]1C[C@]1(NC(=O)[C@@H]1CCCN1C(=O)[C@@H](NC(=O)OC1CCCC1)C(C)(C)C)P(=O)(O)Cc1ccccc1. The van der Waals surface area contributed by atoms with E-state index in [9.17, 15) is 23.8 Å². The fourth-order valence-corrected chi connectivity index (χ4v) is 8.26. The van der Waals surface area contributed by atoms with E-state index >= 15 is 0 Å². The highest BCUT2D eigenvalue weighted by Gasteiger charge is 2.65. The van der Waals surface area contributed by atoms with Gasteiger partial charge in [-0.05, 0) is 55.9 Å². The van der Waals surface area contributed by atoms with Gasteiger partial charge in [0.2, 0.25) is 19.2 Å². The third-order valence-corrected chi connectivity index (χ3v) is 10.9. The van der Waals surface area contributed by atoms with Crippen molar-refractivity contribution in [2.45, 2.75) is 95.3 Å². The number of benzene rings is 1. The molecule has 39 heavy (non-hydrogen) atoms. The van der Waals surface area contributed by atoms with Gasteiger partial charge in [-0.2, -0.15) is 0 Å². The molecule has 3 N–H and O–H groups in total. The van der Waals surface area contributed by atoms with Crippen molar-refractivity contribution in [3.8, 4) is 0 Å². The highest BCUT2D eigenvalue weighted by Crippen LogP contribution is 2.70. The average molecular weight is 560 g/mol. The topological polar surface area (TPSA) is 125 Å². The minimum Gasteiger partial charge on any atom is -0.446 e. The number of hydrogen-bond acceptors (Lipinski definition) is 5. The van der Waals surface area contributed by atoms with Crippen LogP contribution in [0.4, 0.5) is 4.79 Å². The lowest BCUT2D eigenvalue weighted by Crippen LogP contribution is -2.58. The number of carbonyl (C=O) groups is 3. The van der Waals surface area contributed by atoms with Crippen molar-refractivity contribution in [3.05, 3.63) is 48.6 Å². The Hall–Kier alpha value is -2.64. The molecule has 1 unspecified atom stereocenters. The molecule has 1 heterocycles. The third-order valence-electron chi connectivity index (χ3n) is 8.26. The molecule has 3 aliphatic rings. The lowest BCUT2D eigenvalue weighted by Gasteiger charge is -2.36. The van der Waals surface area contributed by atoms with Crippen molar-refractivity contribution >= 4 is 25.3 Å². The van der Waals surface area contributed by atoms with Crippen LogP contribution in [-0.4, -0.2) is 57.7 Å². The van der Waals surface area contributed by atoms with Crippen LogP contribution in [0.25, 0.3) is 0 Å². The number of hydrogen-bond donors (Lipinski definition) is 3. The predicted molar refractivity (Wildman–Crippen MR) is 149 cm³/mol. The maximum Gasteiger partial charge on any atom is 0.408 e. The molecule has 0 bridgehead atoms. The van der Waals surface area contributed by atoms with Gasteiger partial charge in [0.1, 0.15) is 23.5 Å². The number of amides is 3. The van der Waals surface area contributed by atoms with Crippen LogP contribution in [-0.2, 0) is 25.1 Å². The lowest BCUT2D eigenvalue weighted by molar-refractivity contribution is -0.142. The molecule has 2 aliphatic carbocycles. The number of rotatable bonds is 9. The Bertz CT molecular complexity index is 1130. The Morgan fingerprint density at radius 3 is 2.44 bits per heavy atom. The summed E-state index contributed by atoms with van der Waals surface area (Å²) in [5.74, 6) is -1.14. The zero-order valence-corrected chi connectivity index (χ0v) is 24.1. The molecule has 2 saturated carbocycles. The van der Waals surface area contributed by atoms with Crippen molar-refractivity contribution in [1.82, 2.24) is 15.5 Å². The number of ether oxygens (including phenoxy) is 1. The van der Waals surface area contributed by atoms with Gasteiger partial charge < -0.3 is 25.2 Å². The van der Waals surface area contributed by atoms with E-state index in [-0.39, 0.29) is 24.1 Å². The molecule has 1 saturated heterocycles. The molecule has 0 radical (unpaired) electrons. The largest absolute Gasteiger partial charge is 0.446 e. The third kappa shape index (κ3) is 6.41. The first-order chi connectivity index (χ1) is 18.4. The van der Waals surface area contributed by atoms with E-state index < -0.39 is 42.1 Å². The molecule has 1 aromatic carbocycles.